The molecule has 1 atom stereocenters. The molecule has 1 aliphatic rings. The highest BCUT2D eigenvalue weighted by molar-refractivity contribution is 5.81. The summed E-state index contributed by atoms with van der Waals surface area (Å²) in [6.07, 6.45) is 3.23. The quantitative estimate of drug-likeness (QED) is 0.621. The van der Waals surface area contributed by atoms with Crippen LogP contribution >= 0.6 is 0 Å². The summed E-state index contributed by atoms with van der Waals surface area (Å²) in [6, 6.07) is -0.470. The first-order valence-electron chi connectivity index (χ1n) is 4.98. The van der Waals surface area contributed by atoms with E-state index in [-0.39, 0.29) is 12.0 Å². The summed E-state index contributed by atoms with van der Waals surface area (Å²) in [5, 5.41) is 9.27. The van der Waals surface area contributed by atoms with Gasteiger partial charge in [-0.15, -0.1) is 6.58 Å². The van der Waals surface area contributed by atoms with Gasteiger partial charge >= 0.3 is 0 Å². The molecule has 0 aromatic rings. The first kappa shape index (κ1) is 11.2. The Morgan fingerprint density at radius 3 is 2.71 bits per heavy atom. The van der Waals surface area contributed by atoms with Crippen LogP contribution in [0.15, 0.2) is 12.7 Å². The molecule has 1 aliphatic heterocycles. The second-order valence-electron chi connectivity index (χ2n) is 3.69. The molecule has 1 fully saturated rings. The van der Waals surface area contributed by atoms with Crippen molar-refractivity contribution in [2.45, 2.75) is 31.4 Å². The minimum absolute atomic E-state index is 0.0307. The van der Waals surface area contributed by atoms with Gasteiger partial charge in [-0.05, 0) is 19.3 Å². The average molecular weight is 198 g/mol. The van der Waals surface area contributed by atoms with Crippen LogP contribution in [0.4, 0.5) is 0 Å². The first-order chi connectivity index (χ1) is 6.65. The van der Waals surface area contributed by atoms with Crippen LogP contribution in [0.3, 0.4) is 0 Å². The fourth-order valence-corrected chi connectivity index (χ4v) is 1.60. The number of amides is 1. The largest absolute Gasteiger partial charge is 0.393 e. The van der Waals surface area contributed by atoms with Crippen LogP contribution in [0.2, 0.25) is 0 Å². The number of rotatable bonds is 3. The van der Waals surface area contributed by atoms with E-state index in [1.54, 1.807) is 11.0 Å². The van der Waals surface area contributed by atoms with Crippen molar-refractivity contribution in [2.24, 2.45) is 5.73 Å². The second kappa shape index (κ2) is 5.12. The zero-order valence-corrected chi connectivity index (χ0v) is 8.35. The maximum Gasteiger partial charge on any atom is 0.239 e. The molecular formula is C10H18N2O2. The van der Waals surface area contributed by atoms with Gasteiger partial charge in [0.05, 0.1) is 12.1 Å². The molecule has 0 aromatic carbocycles. The molecule has 0 aliphatic carbocycles. The Hall–Kier alpha value is -0.870. The number of carbonyl (C=O) groups excluding carboxylic acids is 1. The number of aliphatic hydroxyl groups excluding tert-OH is 1. The van der Waals surface area contributed by atoms with E-state index in [4.69, 9.17) is 5.73 Å². The second-order valence-corrected chi connectivity index (χ2v) is 3.69. The zero-order valence-electron chi connectivity index (χ0n) is 8.35. The number of nitrogens with zero attached hydrogens (tertiary/aromatic N) is 1. The zero-order chi connectivity index (χ0) is 10.6. The van der Waals surface area contributed by atoms with Crippen molar-refractivity contribution in [3.8, 4) is 0 Å². The molecule has 1 saturated heterocycles. The van der Waals surface area contributed by atoms with Crippen LogP contribution < -0.4 is 5.73 Å². The van der Waals surface area contributed by atoms with Gasteiger partial charge in [-0.3, -0.25) is 4.79 Å². The molecular weight excluding hydrogens is 180 g/mol. The van der Waals surface area contributed by atoms with Crippen LogP contribution in [0.1, 0.15) is 19.3 Å². The molecule has 0 aromatic heterocycles. The molecule has 0 radical (unpaired) electrons. The molecule has 1 heterocycles. The van der Waals surface area contributed by atoms with E-state index >= 15 is 0 Å². The molecule has 1 amide bonds. The van der Waals surface area contributed by atoms with Gasteiger partial charge in [-0.2, -0.15) is 0 Å². The number of hydrogen-bond acceptors (Lipinski definition) is 3. The third-order valence-electron chi connectivity index (χ3n) is 2.51. The first-order valence-corrected chi connectivity index (χ1v) is 4.98. The number of piperidine rings is 1. The monoisotopic (exact) mass is 198 g/mol. The molecule has 4 nitrogen and oxygen atoms in total. The Balaban J connectivity index is 2.40. The van der Waals surface area contributed by atoms with Gasteiger partial charge in [0, 0.05) is 13.1 Å². The molecule has 80 valence electrons. The summed E-state index contributed by atoms with van der Waals surface area (Å²) in [6.45, 7) is 4.78. The van der Waals surface area contributed by atoms with Gasteiger partial charge < -0.3 is 15.7 Å². The van der Waals surface area contributed by atoms with E-state index < -0.39 is 6.04 Å². The van der Waals surface area contributed by atoms with Crippen molar-refractivity contribution in [1.82, 2.24) is 4.90 Å². The van der Waals surface area contributed by atoms with E-state index in [9.17, 15) is 9.90 Å². The maximum absolute atomic E-state index is 11.7. The number of aliphatic hydroxyl groups is 1. The number of nitrogens with two attached hydrogens (primary N) is 1. The Bertz CT molecular complexity index is 210. The molecule has 3 N–H and O–H groups in total. The van der Waals surface area contributed by atoms with Crippen LogP contribution in [0.25, 0.3) is 0 Å². The molecule has 14 heavy (non-hydrogen) atoms. The fraction of sp³-hybridized carbons (Fsp3) is 0.700. The van der Waals surface area contributed by atoms with Crippen LogP contribution in [0, 0.1) is 0 Å². The Labute approximate surface area is 84.4 Å². The Morgan fingerprint density at radius 1 is 1.64 bits per heavy atom. The average Bonchev–Trinajstić information content (AvgIpc) is 2.18. The molecule has 4 heteroatoms. The van der Waals surface area contributed by atoms with Crippen LogP contribution in [0.5, 0.6) is 0 Å². The van der Waals surface area contributed by atoms with E-state index in [0.717, 1.165) is 0 Å². The van der Waals surface area contributed by atoms with Crippen molar-refractivity contribution in [3.63, 3.8) is 0 Å². The normalized spacial score (nSPS) is 20.6. The van der Waals surface area contributed by atoms with E-state index in [0.29, 0.717) is 32.4 Å². The third kappa shape index (κ3) is 2.82. The SMILES string of the molecule is C=CCC(N)C(=O)N1CCC(O)CC1. The summed E-state index contributed by atoms with van der Waals surface area (Å²) < 4.78 is 0. The topological polar surface area (TPSA) is 66.6 Å². The molecule has 1 unspecified atom stereocenters. The highest BCUT2D eigenvalue weighted by atomic mass is 16.3. The van der Waals surface area contributed by atoms with E-state index in [1.165, 1.54) is 0 Å². The molecule has 0 saturated carbocycles. The lowest BCUT2D eigenvalue weighted by Gasteiger charge is -2.31. The number of likely N-dealkylation sites (tertiary alicyclic amines) is 1. The van der Waals surface area contributed by atoms with Gasteiger partial charge in [0.15, 0.2) is 0 Å². The summed E-state index contributed by atoms with van der Waals surface area (Å²) in [4.78, 5) is 13.4. The highest BCUT2D eigenvalue weighted by Crippen LogP contribution is 2.11. The van der Waals surface area contributed by atoms with Crippen molar-refractivity contribution in [1.29, 1.82) is 0 Å². The predicted molar refractivity (Wildman–Crippen MR) is 54.6 cm³/mol. The van der Waals surface area contributed by atoms with E-state index in [1.807, 2.05) is 0 Å². The minimum atomic E-state index is -0.470. The Morgan fingerprint density at radius 2 is 2.21 bits per heavy atom. The number of hydrogen-bond donors (Lipinski definition) is 2. The Kier molecular flexibility index (Phi) is 4.10. The van der Waals surface area contributed by atoms with Crippen molar-refractivity contribution < 1.29 is 9.90 Å². The lowest BCUT2D eigenvalue weighted by atomic mass is 10.1. The highest BCUT2D eigenvalue weighted by Gasteiger charge is 2.24. The summed E-state index contributed by atoms with van der Waals surface area (Å²) in [5.74, 6) is -0.0307. The van der Waals surface area contributed by atoms with Gasteiger partial charge in [0.1, 0.15) is 0 Å². The standard InChI is InChI=1S/C10H18N2O2/c1-2-3-9(11)10(14)12-6-4-8(13)5-7-12/h2,8-9,13H,1,3-7,11H2. The maximum atomic E-state index is 11.7. The van der Waals surface area contributed by atoms with Gasteiger partial charge in [-0.25, -0.2) is 0 Å². The van der Waals surface area contributed by atoms with Crippen molar-refractivity contribution >= 4 is 5.91 Å². The van der Waals surface area contributed by atoms with Crippen LogP contribution in [-0.2, 0) is 4.79 Å². The molecule has 0 bridgehead atoms. The summed E-state index contributed by atoms with van der Waals surface area (Å²) in [5.41, 5.74) is 5.67. The van der Waals surface area contributed by atoms with E-state index in [2.05, 4.69) is 6.58 Å². The number of carbonyl (C=O) groups is 1. The predicted octanol–water partition coefficient (Wildman–Crippen LogP) is -0.127. The lowest BCUT2D eigenvalue weighted by molar-refractivity contribution is -0.134. The third-order valence-corrected chi connectivity index (χ3v) is 2.51. The molecule has 1 rings (SSSR count). The van der Waals surface area contributed by atoms with Gasteiger partial charge in [0.25, 0.3) is 0 Å². The van der Waals surface area contributed by atoms with Gasteiger partial charge in [-0.1, -0.05) is 6.08 Å². The molecule has 0 spiro atoms. The summed E-state index contributed by atoms with van der Waals surface area (Å²) in [7, 11) is 0. The van der Waals surface area contributed by atoms with Gasteiger partial charge in [0.2, 0.25) is 5.91 Å². The fourth-order valence-electron chi connectivity index (χ4n) is 1.60. The van der Waals surface area contributed by atoms with Crippen molar-refractivity contribution in [3.05, 3.63) is 12.7 Å². The van der Waals surface area contributed by atoms with Crippen LogP contribution in [-0.4, -0.2) is 41.1 Å². The summed E-state index contributed by atoms with van der Waals surface area (Å²) >= 11 is 0. The van der Waals surface area contributed by atoms with Crippen molar-refractivity contribution in [2.75, 3.05) is 13.1 Å². The smallest absolute Gasteiger partial charge is 0.239 e. The minimum Gasteiger partial charge on any atom is -0.393 e. The lowest BCUT2D eigenvalue weighted by Crippen LogP contribution is -2.47.